The molecule has 1 aromatic heterocycles. The molecular weight excluding hydrogens is 264 g/mol. The molecule has 0 aliphatic rings. The number of nitrogens with one attached hydrogen (secondary N) is 1. The predicted octanol–water partition coefficient (Wildman–Crippen LogP) is 2.93. The van der Waals surface area contributed by atoms with E-state index in [0.717, 1.165) is 18.0 Å². The van der Waals surface area contributed by atoms with Crippen LogP contribution in [0, 0.1) is 16.0 Å². The van der Waals surface area contributed by atoms with Gasteiger partial charge in [0.2, 0.25) is 0 Å². The Labute approximate surface area is 117 Å². The third-order valence-corrected chi connectivity index (χ3v) is 3.66. The molecule has 0 aliphatic carbocycles. The highest BCUT2D eigenvalue weighted by Gasteiger charge is 2.10. The van der Waals surface area contributed by atoms with Crippen LogP contribution < -0.4 is 5.32 Å². The fraction of sp³-hybridized carbons (Fsp3) is 0.538. The Morgan fingerprint density at radius 3 is 2.84 bits per heavy atom. The lowest BCUT2D eigenvalue weighted by molar-refractivity contribution is -0.380. The van der Waals surface area contributed by atoms with Crippen molar-refractivity contribution in [2.75, 3.05) is 26.8 Å². The summed E-state index contributed by atoms with van der Waals surface area (Å²) in [5, 5.41) is 14.1. The van der Waals surface area contributed by atoms with E-state index in [4.69, 9.17) is 4.74 Å². The first-order valence-corrected chi connectivity index (χ1v) is 7.00. The van der Waals surface area contributed by atoms with E-state index in [2.05, 4.69) is 19.2 Å². The topological polar surface area (TPSA) is 64.4 Å². The summed E-state index contributed by atoms with van der Waals surface area (Å²) in [5.41, 5.74) is 1.23. The summed E-state index contributed by atoms with van der Waals surface area (Å²) >= 11 is 1.20. The first-order valence-electron chi connectivity index (χ1n) is 6.19. The molecule has 5 nitrogen and oxygen atoms in total. The maximum absolute atomic E-state index is 10.6. The van der Waals surface area contributed by atoms with Gasteiger partial charge in [0.1, 0.15) is 0 Å². The van der Waals surface area contributed by atoms with Crippen LogP contribution in [0.15, 0.2) is 17.7 Å². The van der Waals surface area contributed by atoms with Crippen LogP contribution in [0.3, 0.4) is 0 Å². The van der Waals surface area contributed by atoms with Crippen LogP contribution in [0.1, 0.15) is 18.7 Å². The zero-order valence-electron chi connectivity index (χ0n) is 11.5. The molecule has 0 spiro atoms. The van der Waals surface area contributed by atoms with E-state index in [-0.39, 0.29) is 9.92 Å². The Bertz CT molecular complexity index is 441. The monoisotopic (exact) mass is 284 g/mol. The van der Waals surface area contributed by atoms with Crippen molar-refractivity contribution < 1.29 is 9.66 Å². The van der Waals surface area contributed by atoms with Gasteiger partial charge in [-0.2, -0.15) is 0 Å². The van der Waals surface area contributed by atoms with Crippen molar-refractivity contribution in [3.05, 3.63) is 32.7 Å². The standard InChI is InChI=1S/C13H20N2O3S/c1-10(2)11(9-14-6-7-18-3)8-12-4-5-13(19-12)15(16)17/h4-5,8,10,14H,6-7,9H2,1-3H3/b11-8-. The Morgan fingerprint density at radius 2 is 2.32 bits per heavy atom. The molecule has 1 rings (SSSR count). The summed E-state index contributed by atoms with van der Waals surface area (Å²) < 4.78 is 4.98. The Hall–Kier alpha value is -1.24. The van der Waals surface area contributed by atoms with Crippen LogP contribution >= 0.6 is 11.3 Å². The zero-order valence-corrected chi connectivity index (χ0v) is 12.3. The Morgan fingerprint density at radius 1 is 1.58 bits per heavy atom. The number of thiophene rings is 1. The Balaban J connectivity index is 2.68. The number of nitro groups is 1. The SMILES string of the molecule is COCCNC/C(=C/c1ccc([N+](=O)[O-])s1)C(C)C. The van der Waals surface area contributed by atoms with E-state index >= 15 is 0 Å². The second-order valence-corrected chi connectivity index (χ2v) is 5.57. The van der Waals surface area contributed by atoms with E-state index < -0.39 is 0 Å². The summed E-state index contributed by atoms with van der Waals surface area (Å²) in [6.07, 6.45) is 2.03. The number of hydrogen-bond acceptors (Lipinski definition) is 5. The van der Waals surface area contributed by atoms with Crippen molar-refractivity contribution in [1.29, 1.82) is 0 Å². The van der Waals surface area contributed by atoms with Crippen molar-refractivity contribution in [3.8, 4) is 0 Å². The second kappa shape index (κ2) is 8.04. The fourth-order valence-electron chi connectivity index (χ4n) is 1.53. The quantitative estimate of drug-likeness (QED) is 0.453. The highest BCUT2D eigenvalue weighted by Crippen LogP contribution is 2.26. The van der Waals surface area contributed by atoms with Gasteiger partial charge in [0, 0.05) is 31.1 Å². The minimum Gasteiger partial charge on any atom is -0.383 e. The molecule has 0 amide bonds. The third-order valence-electron chi connectivity index (χ3n) is 2.67. The second-order valence-electron chi connectivity index (χ2n) is 4.48. The lowest BCUT2D eigenvalue weighted by Gasteiger charge is -2.12. The molecule has 1 N–H and O–H groups in total. The summed E-state index contributed by atoms with van der Waals surface area (Å²) in [6, 6.07) is 3.34. The van der Waals surface area contributed by atoms with Gasteiger partial charge in [0.25, 0.3) is 0 Å². The van der Waals surface area contributed by atoms with Gasteiger partial charge in [0.15, 0.2) is 0 Å². The van der Waals surface area contributed by atoms with Crippen molar-refractivity contribution >= 4 is 22.4 Å². The molecule has 6 heteroatoms. The van der Waals surface area contributed by atoms with Crippen LogP contribution in [0.2, 0.25) is 0 Å². The van der Waals surface area contributed by atoms with Crippen molar-refractivity contribution in [2.24, 2.45) is 5.92 Å². The largest absolute Gasteiger partial charge is 0.383 e. The van der Waals surface area contributed by atoms with Crippen LogP contribution in [-0.2, 0) is 4.74 Å². The Kier molecular flexibility index (Phi) is 6.69. The van der Waals surface area contributed by atoms with Gasteiger partial charge >= 0.3 is 5.00 Å². The maximum Gasteiger partial charge on any atom is 0.324 e. The fourth-order valence-corrected chi connectivity index (χ4v) is 2.33. The van der Waals surface area contributed by atoms with Crippen molar-refractivity contribution in [1.82, 2.24) is 5.32 Å². The minimum absolute atomic E-state index is 0.182. The molecule has 0 radical (unpaired) electrons. The third kappa shape index (κ3) is 5.50. The van der Waals surface area contributed by atoms with Gasteiger partial charge in [-0.15, -0.1) is 0 Å². The molecule has 0 saturated carbocycles. The van der Waals surface area contributed by atoms with Gasteiger partial charge in [-0.3, -0.25) is 10.1 Å². The number of rotatable bonds is 8. The van der Waals surface area contributed by atoms with Gasteiger partial charge < -0.3 is 10.1 Å². The zero-order chi connectivity index (χ0) is 14.3. The average molecular weight is 284 g/mol. The normalized spacial score (nSPS) is 12.1. The van der Waals surface area contributed by atoms with E-state index in [1.54, 1.807) is 19.2 Å². The molecule has 1 heterocycles. The van der Waals surface area contributed by atoms with Crippen molar-refractivity contribution in [2.45, 2.75) is 13.8 Å². The van der Waals surface area contributed by atoms with E-state index in [1.165, 1.54) is 16.9 Å². The summed E-state index contributed by atoms with van der Waals surface area (Å²) in [7, 11) is 1.67. The molecule has 0 bridgehead atoms. The molecule has 1 aromatic rings. The van der Waals surface area contributed by atoms with Crippen molar-refractivity contribution in [3.63, 3.8) is 0 Å². The van der Waals surface area contributed by atoms with E-state index in [9.17, 15) is 10.1 Å². The summed E-state index contributed by atoms with van der Waals surface area (Å²) in [4.78, 5) is 11.2. The van der Waals surface area contributed by atoms with Gasteiger partial charge in [-0.05, 0) is 18.1 Å². The highest BCUT2D eigenvalue weighted by atomic mass is 32.1. The molecule has 0 unspecified atom stereocenters. The lowest BCUT2D eigenvalue weighted by Crippen LogP contribution is -2.23. The molecule has 0 fully saturated rings. The highest BCUT2D eigenvalue weighted by molar-refractivity contribution is 7.16. The first kappa shape index (κ1) is 15.8. The molecule has 0 aliphatic heterocycles. The molecule has 0 atom stereocenters. The van der Waals surface area contributed by atoms with Gasteiger partial charge in [-0.25, -0.2) is 0 Å². The summed E-state index contributed by atoms with van der Waals surface area (Å²) in [6.45, 7) is 6.48. The summed E-state index contributed by atoms with van der Waals surface area (Å²) in [5.74, 6) is 0.399. The van der Waals surface area contributed by atoms with Gasteiger partial charge in [-0.1, -0.05) is 30.8 Å². The minimum atomic E-state index is -0.353. The van der Waals surface area contributed by atoms with Crippen LogP contribution in [0.25, 0.3) is 6.08 Å². The smallest absolute Gasteiger partial charge is 0.324 e. The molecule has 106 valence electrons. The molecule has 0 saturated heterocycles. The van der Waals surface area contributed by atoms with Crippen LogP contribution in [0.4, 0.5) is 5.00 Å². The van der Waals surface area contributed by atoms with Crippen LogP contribution in [0.5, 0.6) is 0 Å². The number of ether oxygens (including phenoxy) is 1. The maximum atomic E-state index is 10.6. The number of nitrogens with zero attached hydrogens (tertiary/aromatic N) is 1. The number of hydrogen-bond donors (Lipinski definition) is 1. The van der Waals surface area contributed by atoms with E-state index in [0.29, 0.717) is 12.5 Å². The molecule has 19 heavy (non-hydrogen) atoms. The van der Waals surface area contributed by atoms with E-state index in [1.807, 2.05) is 6.08 Å². The average Bonchev–Trinajstić information content (AvgIpc) is 2.81. The number of methoxy groups -OCH3 is 1. The molecule has 0 aromatic carbocycles. The lowest BCUT2D eigenvalue weighted by atomic mass is 10.0. The molecular formula is C13H20N2O3S. The first-order chi connectivity index (χ1) is 9.04. The van der Waals surface area contributed by atoms with Crippen LogP contribution in [-0.4, -0.2) is 31.7 Å². The predicted molar refractivity (Wildman–Crippen MR) is 78.5 cm³/mol. The van der Waals surface area contributed by atoms with Gasteiger partial charge in [0.05, 0.1) is 11.5 Å².